The summed E-state index contributed by atoms with van der Waals surface area (Å²) < 4.78 is 5.90. The summed E-state index contributed by atoms with van der Waals surface area (Å²) in [4.78, 5) is 0. The third kappa shape index (κ3) is 2.74. The highest BCUT2D eigenvalue weighted by Crippen LogP contribution is 2.20. The molecule has 0 atom stereocenters. The summed E-state index contributed by atoms with van der Waals surface area (Å²) in [5, 5.41) is 0. The highest BCUT2D eigenvalue weighted by atomic mass is 28.4. The van der Waals surface area contributed by atoms with E-state index in [1.54, 1.807) is 0 Å². The van der Waals surface area contributed by atoms with Gasteiger partial charge in [-0.3, -0.25) is 0 Å². The van der Waals surface area contributed by atoms with Crippen LogP contribution in [-0.2, 0) is 0 Å². The van der Waals surface area contributed by atoms with Crippen LogP contribution in [0.1, 0.15) is 5.56 Å². The first kappa shape index (κ1) is 10.1. The van der Waals surface area contributed by atoms with Gasteiger partial charge < -0.3 is 4.43 Å². The van der Waals surface area contributed by atoms with E-state index in [0.717, 1.165) is 5.75 Å². The van der Waals surface area contributed by atoms with Gasteiger partial charge in [-0.05, 0) is 31.6 Å². The molecule has 0 radical (unpaired) electrons. The molecule has 1 aromatic carbocycles. The van der Waals surface area contributed by atoms with Crippen LogP contribution in [0.2, 0.25) is 13.1 Å². The Labute approximate surface area is 81.2 Å². The lowest BCUT2D eigenvalue weighted by atomic mass is 10.2. The Morgan fingerprint density at radius 3 is 2.46 bits per heavy atom. The van der Waals surface area contributed by atoms with E-state index < -0.39 is 8.32 Å². The number of aryl methyl sites for hydroxylation is 1. The quantitative estimate of drug-likeness (QED) is 0.668. The minimum absolute atomic E-state index is 0.985. The van der Waals surface area contributed by atoms with Gasteiger partial charge in [0.15, 0.2) is 0 Å². The lowest BCUT2D eigenvalue weighted by molar-refractivity contribution is 0.558. The highest BCUT2D eigenvalue weighted by Gasteiger charge is 2.19. The highest BCUT2D eigenvalue weighted by molar-refractivity contribution is 6.76. The van der Waals surface area contributed by atoms with Crippen LogP contribution in [-0.4, -0.2) is 8.32 Å². The molecule has 0 aliphatic carbocycles. The number of rotatable bonds is 3. The normalized spacial score (nSPS) is 11.0. The van der Waals surface area contributed by atoms with Crippen LogP contribution in [0.25, 0.3) is 0 Å². The van der Waals surface area contributed by atoms with E-state index in [4.69, 9.17) is 4.43 Å². The van der Waals surface area contributed by atoms with Gasteiger partial charge in [0.05, 0.1) is 0 Å². The van der Waals surface area contributed by atoms with Gasteiger partial charge in [-0.2, -0.15) is 0 Å². The number of benzene rings is 1. The molecule has 0 N–H and O–H groups in total. The van der Waals surface area contributed by atoms with Crippen LogP contribution in [0, 0.1) is 6.92 Å². The van der Waals surface area contributed by atoms with Gasteiger partial charge in [0, 0.05) is 0 Å². The summed E-state index contributed by atoms with van der Waals surface area (Å²) in [5.41, 5.74) is 3.13. The van der Waals surface area contributed by atoms with Crippen LogP contribution in [0.3, 0.4) is 0 Å². The van der Waals surface area contributed by atoms with Gasteiger partial charge in [-0.15, -0.1) is 6.58 Å². The van der Waals surface area contributed by atoms with Crippen molar-refractivity contribution < 1.29 is 4.43 Å². The Balaban J connectivity index is 2.86. The van der Waals surface area contributed by atoms with E-state index in [0.29, 0.717) is 0 Å². The predicted molar refractivity (Wildman–Crippen MR) is 59.5 cm³/mol. The van der Waals surface area contributed by atoms with Crippen molar-refractivity contribution in [2.75, 3.05) is 0 Å². The molecule has 0 heterocycles. The predicted octanol–water partition coefficient (Wildman–Crippen LogP) is 3.30. The van der Waals surface area contributed by atoms with E-state index in [-0.39, 0.29) is 0 Å². The van der Waals surface area contributed by atoms with Gasteiger partial charge in [-0.1, -0.05) is 23.9 Å². The molecule has 1 nitrogen and oxygen atoms in total. The monoisotopic (exact) mass is 192 g/mol. The van der Waals surface area contributed by atoms with Crippen LogP contribution in [0.15, 0.2) is 36.5 Å². The van der Waals surface area contributed by atoms with Crippen molar-refractivity contribution in [1.82, 2.24) is 0 Å². The van der Waals surface area contributed by atoms with E-state index in [1.807, 2.05) is 23.9 Å². The van der Waals surface area contributed by atoms with Gasteiger partial charge in [0.2, 0.25) is 0 Å². The summed E-state index contributed by atoms with van der Waals surface area (Å²) in [6, 6.07) is 8.08. The van der Waals surface area contributed by atoms with Gasteiger partial charge in [0.1, 0.15) is 5.75 Å². The minimum Gasteiger partial charge on any atom is -0.540 e. The Kier molecular flexibility index (Phi) is 2.93. The molecule has 0 amide bonds. The molecule has 1 aromatic rings. The van der Waals surface area contributed by atoms with Crippen LogP contribution < -0.4 is 4.43 Å². The lowest BCUT2D eigenvalue weighted by Crippen LogP contribution is -2.31. The van der Waals surface area contributed by atoms with Gasteiger partial charge >= 0.3 is 0 Å². The Morgan fingerprint density at radius 2 is 1.92 bits per heavy atom. The molecule has 13 heavy (non-hydrogen) atoms. The second kappa shape index (κ2) is 3.79. The molecule has 0 aliphatic rings. The number of para-hydroxylation sites is 1. The van der Waals surface area contributed by atoms with Crippen molar-refractivity contribution >= 4 is 8.32 Å². The van der Waals surface area contributed by atoms with E-state index in [1.165, 1.54) is 5.56 Å². The van der Waals surface area contributed by atoms with E-state index in [2.05, 4.69) is 32.7 Å². The molecular formula is C11H16OSi. The van der Waals surface area contributed by atoms with E-state index >= 15 is 0 Å². The fourth-order valence-electron chi connectivity index (χ4n) is 0.996. The minimum atomic E-state index is -1.69. The standard InChI is InChI=1S/C11H16OSi/c1-5-13(3,4)12-11-9-7-6-8-10(11)2/h5-9H,1H2,2-4H3. The Hall–Kier alpha value is -1.02. The zero-order valence-corrected chi connectivity index (χ0v) is 9.50. The van der Waals surface area contributed by atoms with E-state index in [9.17, 15) is 0 Å². The maximum absolute atomic E-state index is 5.90. The molecule has 70 valence electrons. The van der Waals surface area contributed by atoms with Crippen molar-refractivity contribution in [2.45, 2.75) is 20.0 Å². The Morgan fingerprint density at radius 1 is 1.31 bits per heavy atom. The molecule has 0 unspecified atom stereocenters. The summed E-state index contributed by atoms with van der Waals surface area (Å²) in [7, 11) is -1.69. The van der Waals surface area contributed by atoms with Crippen molar-refractivity contribution in [3.63, 3.8) is 0 Å². The average molecular weight is 192 g/mol. The summed E-state index contributed by atoms with van der Waals surface area (Å²) >= 11 is 0. The second-order valence-electron chi connectivity index (χ2n) is 3.68. The first-order valence-electron chi connectivity index (χ1n) is 4.43. The lowest BCUT2D eigenvalue weighted by Gasteiger charge is -2.21. The summed E-state index contributed by atoms with van der Waals surface area (Å²) in [6.07, 6.45) is 0. The van der Waals surface area contributed by atoms with Crippen molar-refractivity contribution in [3.05, 3.63) is 42.1 Å². The third-order valence-electron chi connectivity index (χ3n) is 1.96. The van der Waals surface area contributed by atoms with Gasteiger partial charge in [-0.25, -0.2) is 0 Å². The van der Waals surface area contributed by atoms with Gasteiger partial charge in [0.25, 0.3) is 8.32 Å². The second-order valence-corrected chi connectivity index (χ2v) is 7.49. The van der Waals surface area contributed by atoms with Crippen molar-refractivity contribution in [2.24, 2.45) is 0 Å². The molecular weight excluding hydrogens is 176 g/mol. The maximum Gasteiger partial charge on any atom is 0.269 e. The topological polar surface area (TPSA) is 9.23 Å². The van der Waals surface area contributed by atoms with Crippen molar-refractivity contribution in [3.8, 4) is 5.75 Å². The first-order valence-corrected chi connectivity index (χ1v) is 7.42. The molecule has 0 saturated heterocycles. The molecule has 0 spiro atoms. The molecule has 1 rings (SSSR count). The SMILES string of the molecule is C=C[Si](C)(C)Oc1ccccc1C. The molecule has 0 fully saturated rings. The fraction of sp³-hybridized carbons (Fsp3) is 0.273. The smallest absolute Gasteiger partial charge is 0.269 e. The fourth-order valence-corrected chi connectivity index (χ4v) is 1.88. The molecule has 0 aromatic heterocycles. The number of hydrogen-bond acceptors (Lipinski definition) is 1. The van der Waals surface area contributed by atoms with Crippen LogP contribution in [0.4, 0.5) is 0 Å². The molecule has 0 saturated carbocycles. The van der Waals surface area contributed by atoms with Crippen LogP contribution in [0.5, 0.6) is 5.75 Å². The zero-order valence-electron chi connectivity index (χ0n) is 8.50. The third-order valence-corrected chi connectivity index (χ3v) is 3.69. The largest absolute Gasteiger partial charge is 0.540 e. The summed E-state index contributed by atoms with van der Waals surface area (Å²) in [6.45, 7) is 10.1. The molecule has 2 heteroatoms. The number of hydrogen-bond donors (Lipinski definition) is 0. The van der Waals surface area contributed by atoms with Crippen molar-refractivity contribution in [1.29, 1.82) is 0 Å². The molecule has 0 bridgehead atoms. The van der Waals surface area contributed by atoms with Crippen LogP contribution >= 0.6 is 0 Å². The Bertz CT molecular complexity index is 305. The molecule has 0 aliphatic heterocycles. The first-order chi connectivity index (χ1) is 6.05. The maximum atomic E-state index is 5.90. The summed E-state index contributed by atoms with van der Waals surface area (Å²) in [5.74, 6) is 0.985. The zero-order chi connectivity index (χ0) is 9.90. The average Bonchev–Trinajstić information content (AvgIpc) is 2.09.